The van der Waals surface area contributed by atoms with Crippen molar-refractivity contribution in [3.05, 3.63) is 47.5 Å². The number of carbonyl (C=O) groups excluding carboxylic acids is 1. The first kappa shape index (κ1) is 22.3. The van der Waals surface area contributed by atoms with E-state index in [-0.39, 0.29) is 42.6 Å². The number of nitrogens with one attached hydrogen (secondary N) is 1. The van der Waals surface area contributed by atoms with Gasteiger partial charge in [-0.05, 0) is 48.1 Å². The molecule has 1 heterocycles. The minimum Gasteiger partial charge on any atom is -0.496 e. The number of hydrogen-bond acceptors (Lipinski definition) is 6. The number of fused-ring (bicyclic) bond motifs is 1. The number of ketones is 1. The minimum absolute atomic E-state index is 0.109. The van der Waals surface area contributed by atoms with Gasteiger partial charge in [-0.2, -0.15) is 5.26 Å². The van der Waals surface area contributed by atoms with E-state index in [1.807, 2.05) is 36.4 Å². The highest BCUT2D eigenvalue weighted by molar-refractivity contribution is 5.88. The maximum atomic E-state index is 13.3. The van der Waals surface area contributed by atoms with Gasteiger partial charge in [0.2, 0.25) is 0 Å². The molecule has 168 valence electrons. The number of benzene rings is 2. The van der Waals surface area contributed by atoms with Crippen LogP contribution in [-0.4, -0.2) is 43.8 Å². The summed E-state index contributed by atoms with van der Waals surface area (Å²) in [6.45, 7) is 0.684. The number of nitrogens with zero attached hydrogens (tertiary/aromatic N) is 1. The second-order valence-electron chi connectivity index (χ2n) is 8.71. The van der Waals surface area contributed by atoms with Crippen LogP contribution >= 0.6 is 0 Å². The molecular formula is C26H30N2O4. The summed E-state index contributed by atoms with van der Waals surface area (Å²) in [5, 5.41) is 23.1. The first-order chi connectivity index (χ1) is 15.6. The number of ether oxygens (including phenoxy) is 2. The summed E-state index contributed by atoms with van der Waals surface area (Å²) in [7, 11) is 3.23. The largest absolute Gasteiger partial charge is 0.496 e. The molecule has 2 fully saturated rings. The summed E-state index contributed by atoms with van der Waals surface area (Å²) in [5.41, 5.74) is 3.34. The van der Waals surface area contributed by atoms with Gasteiger partial charge in [-0.15, -0.1) is 0 Å². The monoisotopic (exact) mass is 434 g/mol. The molecule has 2 aliphatic rings. The SMILES string of the molecule is COc1ccccc1-c1cc(CC#N)c(CC(=O)C2NC[C@H]3[C@@H](O)CCC[C@@H]23)cc1OC. The van der Waals surface area contributed by atoms with E-state index in [1.54, 1.807) is 14.2 Å². The Balaban J connectivity index is 1.65. The van der Waals surface area contributed by atoms with Crippen LogP contribution in [0.5, 0.6) is 11.5 Å². The van der Waals surface area contributed by atoms with Gasteiger partial charge in [0, 0.05) is 30.0 Å². The van der Waals surface area contributed by atoms with Crippen LogP contribution in [0.4, 0.5) is 0 Å². The van der Waals surface area contributed by atoms with Crippen LogP contribution in [0, 0.1) is 23.2 Å². The standard InChI is InChI=1S/C26H30N2O4/c1-31-24-9-4-3-6-18(24)20-12-16(10-11-27)17(14-25(20)32-2)13-23(30)26-19-7-5-8-22(29)21(19)15-28-26/h3-4,6,9,12,14,19,21-22,26,28-29H,5,7-8,10,13,15H2,1-2H3/t19-,21-,22+,26?/m1/s1. The van der Waals surface area contributed by atoms with E-state index in [2.05, 4.69) is 11.4 Å². The Morgan fingerprint density at radius 2 is 1.88 bits per heavy atom. The molecule has 0 amide bonds. The minimum atomic E-state index is -0.326. The molecule has 1 aliphatic heterocycles. The second kappa shape index (κ2) is 9.72. The molecule has 1 aliphatic carbocycles. The van der Waals surface area contributed by atoms with Crippen LogP contribution in [0.2, 0.25) is 0 Å². The van der Waals surface area contributed by atoms with Crippen LogP contribution in [-0.2, 0) is 17.6 Å². The summed E-state index contributed by atoms with van der Waals surface area (Å²) in [6, 6.07) is 13.5. The van der Waals surface area contributed by atoms with Crippen molar-refractivity contribution >= 4 is 5.78 Å². The van der Waals surface area contributed by atoms with Crippen LogP contribution < -0.4 is 14.8 Å². The van der Waals surface area contributed by atoms with E-state index in [0.717, 1.165) is 47.3 Å². The van der Waals surface area contributed by atoms with Crippen molar-refractivity contribution in [3.8, 4) is 28.7 Å². The third-order valence-corrected chi connectivity index (χ3v) is 6.98. The van der Waals surface area contributed by atoms with Gasteiger partial charge in [0.25, 0.3) is 0 Å². The van der Waals surface area contributed by atoms with Crippen LogP contribution in [0.1, 0.15) is 30.4 Å². The molecule has 2 aromatic rings. The predicted octanol–water partition coefficient (Wildman–Crippen LogP) is 3.30. The number of carbonyl (C=O) groups is 1. The van der Waals surface area contributed by atoms with Crippen molar-refractivity contribution in [1.82, 2.24) is 5.32 Å². The number of rotatable bonds is 7. The highest BCUT2D eigenvalue weighted by Gasteiger charge is 2.44. The van der Waals surface area contributed by atoms with Crippen molar-refractivity contribution in [1.29, 1.82) is 5.26 Å². The van der Waals surface area contributed by atoms with E-state index in [0.29, 0.717) is 12.3 Å². The number of hydrogen-bond donors (Lipinski definition) is 2. The normalized spacial score (nSPS) is 24.4. The molecule has 6 heteroatoms. The molecule has 6 nitrogen and oxygen atoms in total. The summed E-state index contributed by atoms with van der Waals surface area (Å²) in [6.07, 6.45) is 2.85. The quantitative estimate of drug-likeness (QED) is 0.695. The number of para-hydroxylation sites is 1. The van der Waals surface area contributed by atoms with E-state index in [4.69, 9.17) is 9.47 Å². The van der Waals surface area contributed by atoms with Crippen LogP contribution in [0.3, 0.4) is 0 Å². The fraction of sp³-hybridized carbons (Fsp3) is 0.462. The topological polar surface area (TPSA) is 91.6 Å². The Kier molecular flexibility index (Phi) is 6.78. The fourth-order valence-corrected chi connectivity index (χ4v) is 5.37. The molecule has 2 aromatic carbocycles. The lowest BCUT2D eigenvalue weighted by atomic mass is 9.75. The molecule has 0 spiro atoms. The van der Waals surface area contributed by atoms with Gasteiger partial charge in [-0.25, -0.2) is 0 Å². The van der Waals surface area contributed by atoms with E-state index in [9.17, 15) is 15.2 Å². The lowest BCUT2D eigenvalue weighted by Crippen LogP contribution is -2.39. The van der Waals surface area contributed by atoms with E-state index >= 15 is 0 Å². The molecular weight excluding hydrogens is 404 g/mol. The number of aliphatic hydroxyl groups excluding tert-OH is 1. The molecule has 32 heavy (non-hydrogen) atoms. The van der Waals surface area contributed by atoms with Crippen molar-refractivity contribution in [3.63, 3.8) is 0 Å². The second-order valence-corrected chi connectivity index (χ2v) is 8.71. The predicted molar refractivity (Wildman–Crippen MR) is 122 cm³/mol. The third kappa shape index (κ3) is 4.23. The summed E-state index contributed by atoms with van der Waals surface area (Å²) in [4.78, 5) is 13.3. The lowest BCUT2D eigenvalue weighted by Gasteiger charge is -2.31. The molecule has 4 atom stereocenters. The zero-order valence-electron chi connectivity index (χ0n) is 18.6. The zero-order chi connectivity index (χ0) is 22.7. The van der Waals surface area contributed by atoms with Gasteiger partial charge >= 0.3 is 0 Å². The zero-order valence-corrected chi connectivity index (χ0v) is 18.6. The van der Waals surface area contributed by atoms with Gasteiger partial charge in [-0.1, -0.05) is 24.6 Å². The molecule has 0 bridgehead atoms. The van der Waals surface area contributed by atoms with E-state index < -0.39 is 0 Å². The summed E-state index contributed by atoms with van der Waals surface area (Å²) in [5.74, 6) is 1.80. The summed E-state index contributed by atoms with van der Waals surface area (Å²) >= 11 is 0. The van der Waals surface area contributed by atoms with Crippen LogP contribution in [0.25, 0.3) is 11.1 Å². The van der Waals surface area contributed by atoms with Crippen molar-refractivity contribution in [2.75, 3.05) is 20.8 Å². The lowest BCUT2D eigenvalue weighted by molar-refractivity contribution is -0.121. The Labute approximate surface area is 189 Å². The molecule has 0 aromatic heterocycles. The molecule has 0 radical (unpaired) electrons. The Morgan fingerprint density at radius 1 is 1.09 bits per heavy atom. The number of nitriles is 1. The number of aliphatic hydroxyl groups is 1. The molecule has 1 unspecified atom stereocenters. The van der Waals surface area contributed by atoms with Crippen molar-refractivity contribution in [2.45, 2.75) is 44.2 Å². The van der Waals surface area contributed by atoms with Gasteiger partial charge in [0.15, 0.2) is 5.78 Å². The Morgan fingerprint density at radius 3 is 2.62 bits per heavy atom. The average Bonchev–Trinajstić information content (AvgIpc) is 3.25. The summed E-state index contributed by atoms with van der Waals surface area (Å²) < 4.78 is 11.2. The van der Waals surface area contributed by atoms with Crippen molar-refractivity contribution in [2.24, 2.45) is 11.8 Å². The third-order valence-electron chi connectivity index (χ3n) is 6.98. The Hall–Kier alpha value is -2.88. The Bertz CT molecular complexity index is 1030. The van der Waals surface area contributed by atoms with Crippen LogP contribution in [0.15, 0.2) is 36.4 Å². The van der Waals surface area contributed by atoms with Gasteiger partial charge in [0.1, 0.15) is 11.5 Å². The van der Waals surface area contributed by atoms with Gasteiger partial charge < -0.3 is 19.9 Å². The van der Waals surface area contributed by atoms with Gasteiger partial charge in [0.05, 0.1) is 38.9 Å². The van der Waals surface area contributed by atoms with Crippen molar-refractivity contribution < 1.29 is 19.4 Å². The molecule has 4 rings (SSSR count). The van der Waals surface area contributed by atoms with Gasteiger partial charge in [-0.3, -0.25) is 4.79 Å². The average molecular weight is 435 g/mol. The van der Waals surface area contributed by atoms with E-state index in [1.165, 1.54) is 0 Å². The highest BCUT2D eigenvalue weighted by atomic mass is 16.5. The maximum absolute atomic E-state index is 13.3. The fourth-order valence-electron chi connectivity index (χ4n) is 5.37. The highest BCUT2D eigenvalue weighted by Crippen LogP contribution is 2.40. The maximum Gasteiger partial charge on any atom is 0.154 e. The number of Topliss-reactive ketones (excluding diaryl/α,β-unsaturated/α-hetero) is 1. The first-order valence-electron chi connectivity index (χ1n) is 11.2. The first-order valence-corrected chi connectivity index (χ1v) is 11.2. The smallest absolute Gasteiger partial charge is 0.154 e. The molecule has 1 saturated heterocycles. The molecule has 2 N–H and O–H groups in total. The number of methoxy groups -OCH3 is 2. The molecule has 1 saturated carbocycles.